The van der Waals surface area contributed by atoms with Crippen molar-refractivity contribution in [1.29, 1.82) is 0 Å². The van der Waals surface area contributed by atoms with E-state index in [9.17, 15) is 14.7 Å². The van der Waals surface area contributed by atoms with Crippen molar-refractivity contribution in [3.63, 3.8) is 0 Å². The molecule has 2 aliphatic rings. The number of aliphatic hydroxyl groups is 1. The van der Waals surface area contributed by atoms with E-state index in [-0.39, 0.29) is 43.5 Å². The van der Waals surface area contributed by atoms with Crippen LogP contribution in [0.4, 0.5) is 0 Å². The van der Waals surface area contributed by atoms with E-state index in [1.165, 1.54) is 19.3 Å². The summed E-state index contributed by atoms with van der Waals surface area (Å²) < 4.78 is 13.1. The summed E-state index contributed by atoms with van der Waals surface area (Å²) in [6, 6.07) is 15.8. The second kappa shape index (κ2) is 13.8. The van der Waals surface area contributed by atoms with Gasteiger partial charge in [0.15, 0.2) is 6.29 Å². The first-order valence-corrected chi connectivity index (χ1v) is 13.7. The van der Waals surface area contributed by atoms with E-state index < -0.39 is 12.3 Å². The molecule has 0 bridgehead atoms. The number of piperidine rings is 1. The lowest BCUT2D eigenvalue weighted by atomic mass is 9.89. The molecular formula is C30H40N2O6. The minimum Gasteiger partial charge on any atom is -0.481 e. The molecule has 0 unspecified atom stereocenters. The summed E-state index contributed by atoms with van der Waals surface area (Å²) in [5, 5.41) is 21.0. The molecule has 2 aromatic rings. The van der Waals surface area contributed by atoms with Crippen LogP contribution in [0.5, 0.6) is 0 Å². The summed E-state index contributed by atoms with van der Waals surface area (Å²) in [4.78, 5) is 25.1. The number of hydrogen-bond donors (Lipinski definition) is 3. The number of nitrogens with zero attached hydrogens (tertiary/aromatic N) is 1. The van der Waals surface area contributed by atoms with Crippen molar-refractivity contribution >= 4 is 11.9 Å². The van der Waals surface area contributed by atoms with Crippen LogP contribution < -0.4 is 5.32 Å². The van der Waals surface area contributed by atoms with Crippen molar-refractivity contribution in [2.75, 3.05) is 19.6 Å². The highest BCUT2D eigenvalue weighted by molar-refractivity contribution is 5.76. The van der Waals surface area contributed by atoms with Crippen LogP contribution >= 0.6 is 0 Å². The summed E-state index contributed by atoms with van der Waals surface area (Å²) in [6.45, 7) is 5.66. The molecule has 206 valence electrons. The molecule has 38 heavy (non-hydrogen) atoms. The second-order valence-electron chi connectivity index (χ2n) is 10.4. The third kappa shape index (κ3) is 7.86. The molecule has 2 heterocycles. The van der Waals surface area contributed by atoms with E-state index >= 15 is 0 Å². The molecule has 3 N–H and O–H groups in total. The van der Waals surface area contributed by atoms with E-state index in [2.05, 4.69) is 17.1 Å². The van der Waals surface area contributed by atoms with E-state index in [1.54, 1.807) is 0 Å². The van der Waals surface area contributed by atoms with Crippen molar-refractivity contribution in [3.8, 4) is 0 Å². The van der Waals surface area contributed by atoms with Crippen LogP contribution in [0.3, 0.4) is 0 Å². The second-order valence-corrected chi connectivity index (χ2v) is 10.4. The Labute approximate surface area is 224 Å². The molecule has 8 nitrogen and oxygen atoms in total. The van der Waals surface area contributed by atoms with Gasteiger partial charge in [-0.25, -0.2) is 0 Å². The highest BCUT2D eigenvalue weighted by Crippen LogP contribution is 2.42. The lowest BCUT2D eigenvalue weighted by molar-refractivity contribution is -0.276. The topological polar surface area (TPSA) is 108 Å². The number of benzene rings is 2. The predicted octanol–water partition coefficient (Wildman–Crippen LogP) is 4.33. The molecule has 0 radical (unpaired) electrons. The van der Waals surface area contributed by atoms with Gasteiger partial charge in [-0.2, -0.15) is 0 Å². The van der Waals surface area contributed by atoms with Crippen LogP contribution in [0.25, 0.3) is 0 Å². The van der Waals surface area contributed by atoms with Gasteiger partial charge in [0, 0.05) is 37.4 Å². The standard InChI is InChI=1S/C30H40N2O6/c1-21-26(19-32-16-3-2-4-17-32)37-30(38-29(21)24-12-10-23(20-33)11-13-24)25-14-8-22(9-15-25)18-31-27(34)6-5-7-28(35)36/h8-15,21,26,29-30,33H,2-7,16-20H2,1H3,(H,31,34)(H,35,36)/t21-,26+,29+,30+/m0/s1. The largest absolute Gasteiger partial charge is 0.481 e. The molecule has 0 saturated carbocycles. The van der Waals surface area contributed by atoms with Gasteiger partial charge in [0.1, 0.15) is 0 Å². The number of aliphatic carboxylic acids is 1. The molecular weight excluding hydrogens is 484 g/mol. The molecule has 0 spiro atoms. The van der Waals surface area contributed by atoms with Crippen LogP contribution in [0.15, 0.2) is 48.5 Å². The Bertz CT molecular complexity index is 1040. The fourth-order valence-corrected chi connectivity index (χ4v) is 5.21. The summed E-state index contributed by atoms with van der Waals surface area (Å²) in [5.74, 6) is -0.889. The number of carboxylic acids is 1. The Kier molecular flexibility index (Phi) is 10.3. The van der Waals surface area contributed by atoms with Crippen molar-refractivity contribution in [1.82, 2.24) is 10.2 Å². The van der Waals surface area contributed by atoms with Crippen LogP contribution in [0.1, 0.15) is 80.1 Å². The number of nitrogens with one attached hydrogen (secondary N) is 1. The zero-order chi connectivity index (χ0) is 26.9. The van der Waals surface area contributed by atoms with Gasteiger partial charge in [-0.15, -0.1) is 0 Å². The Morgan fingerprint density at radius 3 is 2.24 bits per heavy atom. The number of ether oxygens (including phenoxy) is 2. The number of aliphatic hydroxyl groups excluding tert-OH is 1. The van der Waals surface area contributed by atoms with Gasteiger partial charge in [0.25, 0.3) is 0 Å². The summed E-state index contributed by atoms with van der Waals surface area (Å²) in [6.07, 6.45) is 3.63. The minimum atomic E-state index is -0.891. The maximum absolute atomic E-state index is 12.0. The zero-order valence-corrected chi connectivity index (χ0v) is 22.2. The first-order chi connectivity index (χ1) is 18.4. The molecule has 2 saturated heterocycles. The monoisotopic (exact) mass is 524 g/mol. The average Bonchev–Trinajstić information content (AvgIpc) is 2.94. The maximum Gasteiger partial charge on any atom is 0.303 e. The van der Waals surface area contributed by atoms with Crippen molar-refractivity contribution in [2.45, 2.75) is 77.1 Å². The third-order valence-electron chi connectivity index (χ3n) is 7.55. The smallest absolute Gasteiger partial charge is 0.303 e. The number of carboxylic acid groups (broad SMARTS) is 1. The van der Waals surface area contributed by atoms with Gasteiger partial charge in [-0.1, -0.05) is 61.9 Å². The number of likely N-dealkylation sites (tertiary alicyclic amines) is 1. The van der Waals surface area contributed by atoms with Crippen LogP contribution in [0.2, 0.25) is 0 Å². The fourth-order valence-electron chi connectivity index (χ4n) is 5.21. The van der Waals surface area contributed by atoms with Gasteiger partial charge in [0.05, 0.1) is 18.8 Å². The predicted molar refractivity (Wildman–Crippen MR) is 143 cm³/mol. The van der Waals surface area contributed by atoms with E-state index in [0.29, 0.717) is 13.0 Å². The minimum absolute atomic E-state index is 0.00650. The van der Waals surface area contributed by atoms with Gasteiger partial charge >= 0.3 is 5.97 Å². The van der Waals surface area contributed by atoms with Crippen molar-refractivity contribution in [2.24, 2.45) is 5.92 Å². The quantitative estimate of drug-likeness (QED) is 0.402. The third-order valence-corrected chi connectivity index (χ3v) is 7.55. The number of carbonyl (C=O) groups excluding carboxylic acids is 1. The lowest BCUT2D eigenvalue weighted by Gasteiger charge is -2.43. The zero-order valence-electron chi connectivity index (χ0n) is 22.2. The molecule has 1 amide bonds. The maximum atomic E-state index is 12.0. The van der Waals surface area contributed by atoms with Gasteiger partial charge in [-0.3, -0.25) is 9.59 Å². The van der Waals surface area contributed by atoms with Crippen molar-refractivity contribution in [3.05, 3.63) is 70.8 Å². The normalized spacial score (nSPS) is 24.2. The molecule has 4 rings (SSSR count). The summed E-state index contributed by atoms with van der Waals surface area (Å²) in [5.41, 5.74) is 3.83. The first-order valence-electron chi connectivity index (χ1n) is 13.7. The Morgan fingerprint density at radius 1 is 0.921 bits per heavy atom. The van der Waals surface area contributed by atoms with E-state index in [1.807, 2.05) is 48.5 Å². The van der Waals surface area contributed by atoms with Crippen LogP contribution in [-0.2, 0) is 32.2 Å². The van der Waals surface area contributed by atoms with Crippen LogP contribution in [-0.4, -0.2) is 52.7 Å². The summed E-state index contributed by atoms with van der Waals surface area (Å²) in [7, 11) is 0. The Balaban J connectivity index is 1.43. The fraction of sp³-hybridized carbons (Fsp3) is 0.533. The average molecular weight is 525 g/mol. The Hall–Kier alpha value is -2.78. The molecule has 0 aromatic heterocycles. The van der Waals surface area contributed by atoms with Gasteiger partial charge < -0.3 is 29.9 Å². The molecule has 2 aromatic carbocycles. The lowest BCUT2D eigenvalue weighted by Crippen LogP contribution is -2.45. The number of carbonyl (C=O) groups is 2. The molecule has 2 aliphatic heterocycles. The number of rotatable bonds is 11. The number of hydrogen-bond acceptors (Lipinski definition) is 6. The molecule has 2 fully saturated rings. The van der Waals surface area contributed by atoms with E-state index in [0.717, 1.165) is 41.9 Å². The summed E-state index contributed by atoms with van der Waals surface area (Å²) >= 11 is 0. The van der Waals surface area contributed by atoms with Crippen LogP contribution in [0, 0.1) is 5.92 Å². The van der Waals surface area contributed by atoms with E-state index in [4.69, 9.17) is 14.6 Å². The van der Waals surface area contributed by atoms with Gasteiger partial charge in [-0.05, 0) is 49.0 Å². The molecule has 8 heteroatoms. The SMILES string of the molecule is C[C@H]1[C@@H](CN2CCCCC2)O[C@@H](c2ccc(CNC(=O)CCCC(=O)O)cc2)O[C@H]1c1ccc(CO)cc1. The highest BCUT2D eigenvalue weighted by Gasteiger charge is 2.39. The number of amides is 1. The first kappa shape index (κ1) is 28.2. The molecule has 0 aliphatic carbocycles. The highest BCUT2D eigenvalue weighted by atomic mass is 16.7. The molecule has 4 atom stereocenters. The van der Waals surface area contributed by atoms with Gasteiger partial charge in [0.2, 0.25) is 5.91 Å². The van der Waals surface area contributed by atoms with Crippen molar-refractivity contribution < 1.29 is 29.3 Å². The Morgan fingerprint density at radius 2 is 1.58 bits per heavy atom.